The third-order valence-corrected chi connectivity index (χ3v) is 2.69. The first kappa shape index (κ1) is 11.4. The van der Waals surface area contributed by atoms with Crippen LogP contribution in [0.3, 0.4) is 0 Å². The van der Waals surface area contributed by atoms with Gasteiger partial charge in [0.25, 0.3) is 0 Å². The van der Waals surface area contributed by atoms with Crippen LogP contribution in [0.2, 0.25) is 0 Å². The Morgan fingerprint density at radius 3 is 2.65 bits per heavy atom. The summed E-state index contributed by atoms with van der Waals surface area (Å²) in [6.07, 6.45) is 2.56. The van der Waals surface area contributed by atoms with Crippen LogP contribution in [-0.2, 0) is 4.79 Å². The Labute approximate surface area is 98.1 Å². The lowest BCUT2D eigenvalue weighted by atomic mass is 10.2. The van der Waals surface area contributed by atoms with Crippen LogP contribution < -0.4 is 5.32 Å². The van der Waals surface area contributed by atoms with Gasteiger partial charge >= 0.3 is 5.97 Å². The molecule has 0 saturated heterocycles. The second-order valence-electron chi connectivity index (χ2n) is 4.23. The van der Waals surface area contributed by atoms with Gasteiger partial charge in [0.05, 0.1) is 11.3 Å². The minimum atomic E-state index is -1.09. The van der Waals surface area contributed by atoms with Gasteiger partial charge in [-0.2, -0.15) is 0 Å². The van der Waals surface area contributed by atoms with E-state index in [1.165, 1.54) is 18.2 Å². The summed E-state index contributed by atoms with van der Waals surface area (Å²) in [6.45, 7) is 0. The normalized spacial score (nSPS) is 14.4. The molecule has 0 unspecified atom stereocenters. The van der Waals surface area contributed by atoms with Crippen LogP contribution in [0.25, 0.3) is 0 Å². The Morgan fingerprint density at radius 2 is 2.06 bits per heavy atom. The Hall–Kier alpha value is -2.04. The molecule has 2 rings (SSSR count). The maximum absolute atomic E-state index is 11.5. The number of amides is 1. The van der Waals surface area contributed by atoms with E-state index in [0.29, 0.717) is 12.3 Å². The van der Waals surface area contributed by atoms with Crippen LogP contribution in [0.4, 0.5) is 5.69 Å². The minimum Gasteiger partial charge on any atom is -0.506 e. The average Bonchev–Trinajstić information content (AvgIpc) is 3.04. The standard InChI is InChI=1S/C12H13NO4/c14-10-4-3-8(12(16)17)6-9(10)13-11(15)5-7-1-2-7/h3-4,6-7,14H,1-2,5H2,(H,13,15)(H,16,17). The molecule has 3 N–H and O–H groups in total. The molecule has 0 spiro atoms. The highest BCUT2D eigenvalue weighted by Gasteiger charge is 2.24. The largest absolute Gasteiger partial charge is 0.506 e. The lowest BCUT2D eigenvalue weighted by Gasteiger charge is -2.07. The maximum atomic E-state index is 11.5. The van der Waals surface area contributed by atoms with Gasteiger partial charge in [0, 0.05) is 6.42 Å². The van der Waals surface area contributed by atoms with Crippen LogP contribution in [0.1, 0.15) is 29.6 Å². The summed E-state index contributed by atoms with van der Waals surface area (Å²) in [5.74, 6) is -0.966. The first-order valence-electron chi connectivity index (χ1n) is 5.42. The number of aromatic hydroxyl groups is 1. The van der Waals surface area contributed by atoms with E-state index in [9.17, 15) is 14.7 Å². The number of carboxylic acids is 1. The fourth-order valence-corrected chi connectivity index (χ4v) is 1.55. The van der Waals surface area contributed by atoms with Crippen LogP contribution in [0.15, 0.2) is 18.2 Å². The number of phenolic OH excluding ortho intramolecular Hbond substituents is 1. The lowest BCUT2D eigenvalue weighted by Crippen LogP contribution is -2.12. The van der Waals surface area contributed by atoms with Crippen molar-refractivity contribution in [3.63, 3.8) is 0 Å². The number of phenols is 1. The van der Waals surface area contributed by atoms with Crippen molar-refractivity contribution in [3.05, 3.63) is 23.8 Å². The van der Waals surface area contributed by atoms with Gasteiger partial charge in [0.15, 0.2) is 0 Å². The second kappa shape index (κ2) is 4.45. The topological polar surface area (TPSA) is 86.6 Å². The number of anilines is 1. The second-order valence-corrected chi connectivity index (χ2v) is 4.23. The number of hydrogen-bond acceptors (Lipinski definition) is 3. The van der Waals surface area contributed by atoms with Crippen LogP contribution in [0.5, 0.6) is 5.75 Å². The number of carbonyl (C=O) groups is 2. The molecule has 5 nitrogen and oxygen atoms in total. The van der Waals surface area contributed by atoms with Gasteiger partial charge in [-0.1, -0.05) is 0 Å². The first-order chi connectivity index (χ1) is 8.06. The van der Waals surface area contributed by atoms with E-state index >= 15 is 0 Å². The maximum Gasteiger partial charge on any atom is 0.335 e. The van der Waals surface area contributed by atoms with Gasteiger partial charge in [-0.05, 0) is 37.0 Å². The van der Waals surface area contributed by atoms with Crippen molar-refractivity contribution in [2.75, 3.05) is 5.32 Å². The van der Waals surface area contributed by atoms with E-state index in [-0.39, 0.29) is 22.9 Å². The van der Waals surface area contributed by atoms with Crippen molar-refractivity contribution in [2.24, 2.45) is 5.92 Å². The summed E-state index contributed by atoms with van der Waals surface area (Å²) in [5, 5.41) is 20.8. The van der Waals surface area contributed by atoms with E-state index in [1.807, 2.05) is 0 Å². The minimum absolute atomic E-state index is 0.0320. The number of rotatable bonds is 4. The average molecular weight is 235 g/mol. The van der Waals surface area contributed by atoms with Gasteiger partial charge in [-0.25, -0.2) is 4.79 Å². The zero-order valence-corrected chi connectivity index (χ0v) is 9.14. The van der Waals surface area contributed by atoms with Crippen LogP contribution in [-0.4, -0.2) is 22.1 Å². The quantitative estimate of drug-likeness (QED) is 0.695. The fraction of sp³-hybridized carbons (Fsp3) is 0.333. The Balaban J connectivity index is 2.09. The summed E-state index contributed by atoms with van der Waals surface area (Å²) in [5.41, 5.74) is 0.181. The highest BCUT2D eigenvalue weighted by Crippen LogP contribution is 2.33. The van der Waals surface area contributed by atoms with Gasteiger partial charge < -0.3 is 15.5 Å². The van der Waals surface area contributed by atoms with E-state index in [2.05, 4.69) is 5.32 Å². The third kappa shape index (κ3) is 2.96. The monoisotopic (exact) mass is 235 g/mol. The smallest absolute Gasteiger partial charge is 0.335 e. The van der Waals surface area contributed by atoms with Crippen molar-refractivity contribution < 1.29 is 19.8 Å². The van der Waals surface area contributed by atoms with E-state index in [0.717, 1.165) is 12.8 Å². The molecule has 0 atom stereocenters. The van der Waals surface area contributed by atoms with Crippen molar-refractivity contribution >= 4 is 17.6 Å². The van der Waals surface area contributed by atoms with E-state index in [1.54, 1.807) is 0 Å². The van der Waals surface area contributed by atoms with Gasteiger partial charge in [0.2, 0.25) is 5.91 Å². The number of carboxylic acid groups (broad SMARTS) is 1. The predicted octanol–water partition coefficient (Wildman–Crippen LogP) is 1.83. The van der Waals surface area contributed by atoms with Gasteiger partial charge in [0.1, 0.15) is 5.75 Å². The highest BCUT2D eigenvalue weighted by molar-refractivity contribution is 5.95. The summed E-state index contributed by atoms with van der Waals surface area (Å²) in [6, 6.07) is 3.80. The molecule has 1 aromatic rings. The van der Waals surface area contributed by atoms with Crippen molar-refractivity contribution in [3.8, 4) is 5.75 Å². The van der Waals surface area contributed by atoms with E-state index < -0.39 is 5.97 Å². The number of carbonyl (C=O) groups excluding carboxylic acids is 1. The zero-order valence-electron chi connectivity index (χ0n) is 9.14. The van der Waals surface area contributed by atoms with Crippen molar-refractivity contribution in [1.82, 2.24) is 0 Å². The van der Waals surface area contributed by atoms with E-state index in [4.69, 9.17) is 5.11 Å². The molecule has 1 aliphatic rings. The number of hydrogen-bond donors (Lipinski definition) is 3. The molecule has 0 aromatic heterocycles. The lowest BCUT2D eigenvalue weighted by molar-refractivity contribution is -0.116. The summed E-state index contributed by atoms with van der Waals surface area (Å²) in [7, 11) is 0. The number of nitrogens with one attached hydrogen (secondary N) is 1. The summed E-state index contributed by atoms with van der Waals surface area (Å²) >= 11 is 0. The Kier molecular flexibility index (Phi) is 2.99. The zero-order chi connectivity index (χ0) is 12.4. The molecule has 0 heterocycles. The molecule has 90 valence electrons. The summed E-state index contributed by atoms with van der Waals surface area (Å²) in [4.78, 5) is 22.3. The molecule has 0 bridgehead atoms. The first-order valence-corrected chi connectivity index (χ1v) is 5.42. The Morgan fingerprint density at radius 1 is 1.35 bits per heavy atom. The molecular formula is C12H13NO4. The molecule has 0 radical (unpaired) electrons. The van der Waals surface area contributed by atoms with Gasteiger partial charge in [-0.15, -0.1) is 0 Å². The molecule has 1 saturated carbocycles. The molecule has 1 aliphatic carbocycles. The van der Waals surface area contributed by atoms with Gasteiger partial charge in [-0.3, -0.25) is 4.79 Å². The highest BCUT2D eigenvalue weighted by atomic mass is 16.4. The molecule has 5 heteroatoms. The van der Waals surface area contributed by atoms with Crippen molar-refractivity contribution in [1.29, 1.82) is 0 Å². The predicted molar refractivity (Wildman–Crippen MR) is 61.0 cm³/mol. The number of benzene rings is 1. The molecule has 17 heavy (non-hydrogen) atoms. The molecule has 1 aromatic carbocycles. The van der Waals surface area contributed by atoms with Crippen LogP contribution >= 0.6 is 0 Å². The summed E-state index contributed by atoms with van der Waals surface area (Å²) < 4.78 is 0. The van der Waals surface area contributed by atoms with Crippen molar-refractivity contribution in [2.45, 2.75) is 19.3 Å². The molecule has 1 amide bonds. The third-order valence-electron chi connectivity index (χ3n) is 2.69. The molecule has 1 fully saturated rings. The molecule has 0 aliphatic heterocycles. The Bertz CT molecular complexity index is 466. The number of aromatic carboxylic acids is 1. The molecular weight excluding hydrogens is 222 g/mol. The SMILES string of the molecule is O=C(CC1CC1)Nc1cc(C(=O)O)ccc1O. The van der Waals surface area contributed by atoms with Crippen LogP contribution in [0, 0.1) is 5.92 Å². The fourth-order valence-electron chi connectivity index (χ4n) is 1.55.